The molecule has 172 valence electrons. The molecule has 3 aromatic rings. The minimum absolute atomic E-state index is 0.0990. The molecule has 0 saturated heterocycles. The van der Waals surface area contributed by atoms with E-state index in [0.29, 0.717) is 18.0 Å². The van der Waals surface area contributed by atoms with Crippen molar-refractivity contribution in [1.82, 2.24) is 5.32 Å². The van der Waals surface area contributed by atoms with Crippen LogP contribution in [0.1, 0.15) is 29.5 Å². The van der Waals surface area contributed by atoms with E-state index in [0.717, 1.165) is 16.7 Å². The van der Waals surface area contributed by atoms with Crippen molar-refractivity contribution in [3.63, 3.8) is 0 Å². The maximum Gasteiger partial charge on any atom is 0.264 e. The van der Waals surface area contributed by atoms with Crippen molar-refractivity contribution in [2.24, 2.45) is 0 Å². The van der Waals surface area contributed by atoms with E-state index in [1.807, 2.05) is 57.2 Å². The van der Waals surface area contributed by atoms with Gasteiger partial charge in [-0.1, -0.05) is 61.0 Å². The third kappa shape index (κ3) is 4.88. The van der Waals surface area contributed by atoms with Gasteiger partial charge in [0.05, 0.1) is 17.1 Å². The average Bonchev–Trinajstić information content (AvgIpc) is 2.82. The molecular weight excluding hydrogens is 436 g/mol. The minimum atomic E-state index is -3.88. The number of rotatable bonds is 6. The van der Waals surface area contributed by atoms with Gasteiger partial charge in [0.2, 0.25) is 0 Å². The summed E-state index contributed by atoms with van der Waals surface area (Å²) in [4.78, 5) is 13.2. The molecule has 0 aliphatic carbocycles. The Bertz CT molecular complexity index is 1240. The van der Waals surface area contributed by atoms with Crippen molar-refractivity contribution in [2.75, 3.05) is 17.4 Å². The molecule has 0 spiro atoms. The molecule has 1 aliphatic heterocycles. The SMILES string of the molecule is Cc1ccc(S(=O)(=O)N2C[C@H](C(=O)NC[C@H](C)c3ccccc3)Oc3ccc(C)cc32)cc1. The van der Waals surface area contributed by atoms with Crippen molar-refractivity contribution in [2.45, 2.75) is 37.7 Å². The van der Waals surface area contributed by atoms with Gasteiger partial charge in [-0.25, -0.2) is 8.42 Å². The van der Waals surface area contributed by atoms with Gasteiger partial charge < -0.3 is 10.1 Å². The van der Waals surface area contributed by atoms with E-state index < -0.39 is 16.1 Å². The van der Waals surface area contributed by atoms with Gasteiger partial charge in [0.25, 0.3) is 15.9 Å². The van der Waals surface area contributed by atoms with Crippen LogP contribution < -0.4 is 14.4 Å². The van der Waals surface area contributed by atoms with Crippen LogP contribution in [0.25, 0.3) is 0 Å². The molecule has 7 heteroatoms. The molecule has 0 unspecified atom stereocenters. The number of nitrogens with one attached hydrogen (secondary N) is 1. The van der Waals surface area contributed by atoms with Gasteiger partial charge in [-0.15, -0.1) is 0 Å². The number of hydrogen-bond donors (Lipinski definition) is 1. The third-order valence-corrected chi connectivity index (χ3v) is 7.63. The van der Waals surface area contributed by atoms with Crippen molar-refractivity contribution in [3.8, 4) is 5.75 Å². The number of hydrogen-bond acceptors (Lipinski definition) is 4. The van der Waals surface area contributed by atoms with Crippen molar-refractivity contribution in [1.29, 1.82) is 0 Å². The van der Waals surface area contributed by atoms with Gasteiger partial charge in [-0.2, -0.15) is 0 Å². The molecular formula is C26H28N2O4S. The number of carbonyl (C=O) groups is 1. The van der Waals surface area contributed by atoms with E-state index in [4.69, 9.17) is 4.74 Å². The van der Waals surface area contributed by atoms with Crippen molar-refractivity contribution < 1.29 is 17.9 Å². The van der Waals surface area contributed by atoms with Crippen LogP contribution >= 0.6 is 0 Å². The number of carbonyl (C=O) groups excluding carboxylic acids is 1. The second kappa shape index (κ2) is 9.27. The zero-order valence-electron chi connectivity index (χ0n) is 19.0. The summed E-state index contributed by atoms with van der Waals surface area (Å²) in [5.41, 5.74) is 3.43. The van der Waals surface area contributed by atoms with Crippen LogP contribution in [-0.2, 0) is 14.8 Å². The third-order valence-electron chi connectivity index (χ3n) is 5.84. The molecule has 2 atom stereocenters. The predicted molar refractivity (Wildman–Crippen MR) is 129 cm³/mol. The second-order valence-electron chi connectivity index (χ2n) is 8.48. The van der Waals surface area contributed by atoms with Crippen LogP contribution in [0.2, 0.25) is 0 Å². The maximum absolute atomic E-state index is 13.5. The molecule has 3 aromatic carbocycles. The van der Waals surface area contributed by atoms with Crippen LogP contribution in [0, 0.1) is 13.8 Å². The molecule has 0 aromatic heterocycles. The smallest absolute Gasteiger partial charge is 0.264 e. The molecule has 0 radical (unpaired) electrons. The lowest BCUT2D eigenvalue weighted by molar-refractivity contribution is -0.127. The van der Waals surface area contributed by atoms with Gasteiger partial charge in [0.1, 0.15) is 5.75 Å². The topological polar surface area (TPSA) is 75.7 Å². The lowest BCUT2D eigenvalue weighted by Crippen LogP contribution is -2.51. The molecule has 1 N–H and O–H groups in total. The number of nitrogens with zero attached hydrogens (tertiary/aromatic N) is 1. The molecule has 0 saturated carbocycles. The summed E-state index contributed by atoms with van der Waals surface area (Å²) in [6.07, 6.45) is -0.955. The number of benzene rings is 3. The average molecular weight is 465 g/mol. The Morgan fingerprint density at radius 1 is 1.03 bits per heavy atom. The molecule has 4 rings (SSSR count). The lowest BCUT2D eigenvalue weighted by Gasteiger charge is -2.35. The van der Waals surface area contributed by atoms with Crippen LogP contribution in [0.5, 0.6) is 5.75 Å². The van der Waals surface area contributed by atoms with Crippen LogP contribution in [0.4, 0.5) is 5.69 Å². The molecule has 0 fully saturated rings. The van der Waals surface area contributed by atoms with E-state index in [2.05, 4.69) is 5.32 Å². The van der Waals surface area contributed by atoms with E-state index in [-0.39, 0.29) is 23.3 Å². The van der Waals surface area contributed by atoms with Gasteiger partial charge in [0, 0.05) is 6.54 Å². The zero-order valence-corrected chi connectivity index (χ0v) is 19.8. The summed E-state index contributed by atoms with van der Waals surface area (Å²) in [6, 6.07) is 21.9. The number of sulfonamides is 1. The van der Waals surface area contributed by atoms with Crippen LogP contribution in [-0.4, -0.2) is 33.5 Å². The molecule has 1 heterocycles. The fraction of sp³-hybridized carbons (Fsp3) is 0.269. The fourth-order valence-electron chi connectivity index (χ4n) is 3.83. The highest BCUT2D eigenvalue weighted by Gasteiger charge is 2.37. The van der Waals surface area contributed by atoms with Gasteiger partial charge in [-0.05, 0) is 55.2 Å². The maximum atomic E-state index is 13.5. The first-order chi connectivity index (χ1) is 15.8. The van der Waals surface area contributed by atoms with E-state index in [9.17, 15) is 13.2 Å². The first-order valence-electron chi connectivity index (χ1n) is 10.9. The quantitative estimate of drug-likeness (QED) is 0.594. The zero-order chi connectivity index (χ0) is 23.6. The van der Waals surface area contributed by atoms with Crippen LogP contribution in [0.3, 0.4) is 0 Å². The summed E-state index contributed by atoms with van der Waals surface area (Å²) >= 11 is 0. The Morgan fingerprint density at radius 3 is 2.39 bits per heavy atom. The molecule has 1 aliphatic rings. The standard InChI is InChI=1S/C26H28N2O4S/c1-18-9-12-22(13-10-18)33(30,31)28-17-25(32-24-14-11-19(2)15-23(24)28)26(29)27-16-20(3)21-7-5-4-6-8-21/h4-15,20,25H,16-17H2,1-3H3,(H,27,29)/t20-,25+/m0/s1. The Labute approximate surface area is 195 Å². The van der Waals surface area contributed by atoms with Gasteiger partial charge >= 0.3 is 0 Å². The summed E-state index contributed by atoms with van der Waals surface area (Å²) in [7, 11) is -3.88. The molecule has 6 nitrogen and oxygen atoms in total. The first-order valence-corrected chi connectivity index (χ1v) is 12.4. The highest BCUT2D eigenvalue weighted by atomic mass is 32.2. The molecule has 0 bridgehead atoms. The van der Waals surface area contributed by atoms with E-state index >= 15 is 0 Å². The number of anilines is 1. The summed E-state index contributed by atoms with van der Waals surface area (Å²) in [5, 5.41) is 2.93. The number of amides is 1. The first kappa shape index (κ1) is 22.9. The van der Waals surface area contributed by atoms with E-state index in [1.165, 1.54) is 4.31 Å². The highest BCUT2D eigenvalue weighted by molar-refractivity contribution is 7.92. The Morgan fingerprint density at radius 2 is 1.70 bits per heavy atom. The lowest BCUT2D eigenvalue weighted by atomic mass is 10.0. The molecule has 33 heavy (non-hydrogen) atoms. The van der Waals surface area contributed by atoms with Crippen molar-refractivity contribution in [3.05, 3.63) is 89.5 Å². The Kier molecular flexibility index (Phi) is 6.42. The number of fused-ring (bicyclic) bond motifs is 1. The van der Waals surface area contributed by atoms with Gasteiger partial charge in [-0.3, -0.25) is 9.10 Å². The Balaban J connectivity index is 1.58. The second-order valence-corrected chi connectivity index (χ2v) is 10.3. The Hall–Kier alpha value is -3.32. The number of aryl methyl sites for hydroxylation is 2. The fourth-order valence-corrected chi connectivity index (χ4v) is 5.30. The normalized spacial score (nSPS) is 16.5. The minimum Gasteiger partial charge on any atom is -0.476 e. The van der Waals surface area contributed by atoms with E-state index in [1.54, 1.807) is 36.4 Å². The summed E-state index contributed by atoms with van der Waals surface area (Å²) < 4.78 is 34.3. The van der Waals surface area contributed by atoms with Gasteiger partial charge in [0.15, 0.2) is 6.10 Å². The van der Waals surface area contributed by atoms with Crippen molar-refractivity contribution >= 4 is 21.6 Å². The summed E-state index contributed by atoms with van der Waals surface area (Å²) in [6.45, 7) is 6.15. The highest BCUT2D eigenvalue weighted by Crippen LogP contribution is 2.37. The molecule has 1 amide bonds. The largest absolute Gasteiger partial charge is 0.476 e. The van der Waals surface area contributed by atoms with Crippen LogP contribution in [0.15, 0.2) is 77.7 Å². The monoisotopic (exact) mass is 464 g/mol. The predicted octanol–water partition coefficient (Wildman–Crippen LogP) is 4.18. The number of ether oxygens (including phenoxy) is 1. The summed E-state index contributed by atoms with van der Waals surface area (Å²) in [5.74, 6) is 0.146.